The quantitative estimate of drug-likeness (QED) is 0.671. The summed E-state index contributed by atoms with van der Waals surface area (Å²) in [6.45, 7) is 5.06. The number of esters is 1. The first-order valence-corrected chi connectivity index (χ1v) is 6.64. The molecule has 1 aliphatic rings. The van der Waals surface area contributed by atoms with Gasteiger partial charge in [0.05, 0.1) is 11.1 Å². The molecule has 0 spiro atoms. The first-order chi connectivity index (χ1) is 9.73. The second-order valence-corrected chi connectivity index (χ2v) is 5.87. The van der Waals surface area contributed by atoms with Crippen LogP contribution in [-0.4, -0.2) is 34.8 Å². The van der Waals surface area contributed by atoms with Crippen LogP contribution in [-0.2, 0) is 16.1 Å². The van der Waals surface area contributed by atoms with Crippen molar-refractivity contribution < 1.29 is 19.1 Å². The summed E-state index contributed by atoms with van der Waals surface area (Å²) in [7, 11) is 0. The van der Waals surface area contributed by atoms with E-state index in [1.54, 1.807) is 39.0 Å². The first-order valence-electron chi connectivity index (χ1n) is 6.64. The van der Waals surface area contributed by atoms with E-state index < -0.39 is 23.4 Å². The Balaban J connectivity index is 0.00000242. The number of carbonyl (C=O) groups is 3. The van der Waals surface area contributed by atoms with E-state index in [0.29, 0.717) is 5.56 Å². The van der Waals surface area contributed by atoms with E-state index in [9.17, 15) is 14.4 Å². The molecule has 1 aromatic rings. The molecule has 2 rings (SSSR count). The molecule has 120 valence electrons. The van der Waals surface area contributed by atoms with Crippen LogP contribution in [0.5, 0.6) is 0 Å². The van der Waals surface area contributed by atoms with E-state index in [4.69, 9.17) is 10.5 Å². The molecule has 1 heterocycles. The van der Waals surface area contributed by atoms with Crippen LogP contribution in [0.4, 0.5) is 0 Å². The lowest BCUT2D eigenvalue weighted by Gasteiger charge is -2.21. The normalized spacial score (nSPS) is 13.7. The number of halogens is 1. The molecule has 2 amide bonds. The molecule has 0 atom stereocenters. The fourth-order valence-corrected chi connectivity index (χ4v) is 2.11. The Kier molecular flexibility index (Phi) is 5.32. The minimum absolute atomic E-state index is 0. The lowest BCUT2D eigenvalue weighted by molar-refractivity contribution is -0.155. The molecule has 6 nitrogen and oxygen atoms in total. The maximum absolute atomic E-state index is 12.2. The van der Waals surface area contributed by atoms with Crippen LogP contribution in [0, 0.1) is 0 Å². The standard InChI is InChI=1S/C15H18N2O4.ClH/c1-15(2,3)21-12(18)8-17-13(19)10-5-4-9(7-16)6-11(10)14(17)20;/h4-6H,7-8,16H2,1-3H3;1H. The molecule has 0 aliphatic carbocycles. The Bertz CT molecular complexity index is 622. The zero-order chi connectivity index (χ0) is 15.8. The Morgan fingerprint density at radius 3 is 2.32 bits per heavy atom. The van der Waals surface area contributed by atoms with E-state index in [2.05, 4.69) is 0 Å². The number of ether oxygens (including phenoxy) is 1. The van der Waals surface area contributed by atoms with Gasteiger partial charge in [-0.05, 0) is 38.5 Å². The predicted octanol–water partition coefficient (Wildman–Crippen LogP) is 1.50. The molecule has 0 fully saturated rings. The third-order valence-electron chi connectivity index (χ3n) is 2.98. The molecule has 0 saturated carbocycles. The number of imide groups is 1. The molecular weight excluding hydrogens is 308 g/mol. The molecule has 0 bridgehead atoms. The van der Waals surface area contributed by atoms with Gasteiger partial charge in [-0.2, -0.15) is 0 Å². The Morgan fingerprint density at radius 1 is 1.18 bits per heavy atom. The van der Waals surface area contributed by atoms with Gasteiger partial charge in [0.1, 0.15) is 12.1 Å². The summed E-state index contributed by atoms with van der Waals surface area (Å²) in [5.74, 6) is -1.59. The van der Waals surface area contributed by atoms with Crippen LogP contribution in [0.1, 0.15) is 47.1 Å². The van der Waals surface area contributed by atoms with E-state index in [-0.39, 0.29) is 31.1 Å². The first kappa shape index (κ1) is 18.1. The summed E-state index contributed by atoms with van der Waals surface area (Å²) in [5, 5.41) is 0. The fourth-order valence-electron chi connectivity index (χ4n) is 2.11. The van der Waals surface area contributed by atoms with Gasteiger partial charge in [-0.25, -0.2) is 0 Å². The number of fused-ring (bicyclic) bond motifs is 1. The summed E-state index contributed by atoms with van der Waals surface area (Å²) >= 11 is 0. The zero-order valence-electron chi connectivity index (χ0n) is 12.7. The highest BCUT2D eigenvalue weighted by molar-refractivity contribution is 6.22. The van der Waals surface area contributed by atoms with Crippen molar-refractivity contribution in [3.05, 3.63) is 34.9 Å². The van der Waals surface area contributed by atoms with Crippen molar-refractivity contribution >= 4 is 30.2 Å². The summed E-state index contributed by atoms with van der Waals surface area (Å²) in [4.78, 5) is 37.1. The van der Waals surface area contributed by atoms with Crippen LogP contribution in [0.3, 0.4) is 0 Å². The van der Waals surface area contributed by atoms with Crippen molar-refractivity contribution in [2.45, 2.75) is 32.9 Å². The van der Waals surface area contributed by atoms with Crippen LogP contribution < -0.4 is 5.73 Å². The predicted molar refractivity (Wildman–Crippen MR) is 82.8 cm³/mol. The Hall–Kier alpha value is -1.92. The summed E-state index contributed by atoms with van der Waals surface area (Å²) < 4.78 is 5.13. The second-order valence-electron chi connectivity index (χ2n) is 5.87. The van der Waals surface area contributed by atoms with Crippen molar-refractivity contribution in [3.63, 3.8) is 0 Å². The average Bonchev–Trinajstić information content (AvgIpc) is 2.61. The molecule has 1 aromatic carbocycles. The van der Waals surface area contributed by atoms with Gasteiger partial charge in [-0.1, -0.05) is 6.07 Å². The molecule has 1 aliphatic heterocycles. The fraction of sp³-hybridized carbons (Fsp3) is 0.400. The van der Waals surface area contributed by atoms with Crippen molar-refractivity contribution in [1.82, 2.24) is 4.90 Å². The molecule has 0 aromatic heterocycles. The van der Waals surface area contributed by atoms with Crippen LogP contribution in [0.2, 0.25) is 0 Å². The third kappa shape index (κ3) is 3.64. The second kappa shape index (κ2) is 6.46. The molecule has 2 N–H and O–H groups in total. The molecular formula is C15H19ClN2O4. The lowest BCUT2D eigenvalue weighted by Crippen LogP contribution is -2.38. The van der Waals surface area contributed by atoms with Gasteiger partial charge >= 0.3 is 5.97 Å². The van der Waals surface area contributed by atoms with E-state index >= 15 is 0 Å². The largest absolute Gasteiger partial charge is 0.459 e. The van der Waals surface area contributed by atoms with Gasteiger partial charge in [0.25, 0.3) is 11.8 Å². The van der Waals surface area contributed by atoms with Gasteiger partial charge in [0.2, 0.25) is 0 Å². The molecule has 0 unspecified atom stereocenters. The molecule has 7 heteroatoms. The van der Waals surface area contributed by atoms with Gasteiger partial charge in [0, 0.05) is 6.54 Å². The van der Waals surface area contributed by atoms with Crippen molar-refractivity contribution in [2.75, 3.05) is 6.54 Å². The number of hydrogen-bond acceptors (Lipinski definition) is 5. The number of amides is 2. The average molecular weight is 327 g/mol. The number of benzene rings is 1. The summed E-state index contributed by atoms with van der Waals surface area (Å²) in [6.07, 6.45) is 0. The highest BCUT2D eigenvalue weighted by atomic mass is 35.5. The Morgan fingerprint density at radius 2 is 1.77 bits per heavy atom. The Labute approximate surface area is 135 Å². The highest BCUT2D eigenvalue weighted by Crippen LogP contribution is 2.24. The molecule has 0 radical (unpaired) electrons. The maximum Gasteiger partial charge on any atom is 0.326 e. The number of hydrogen-bond donors (Lipinski definition) is 1. The minimum Gasteiger partial charge on any atom is -0.459 e. The number of rotatable bonds is 3. The van der Waals surface area contributed by atoms with Crippen LogP contribution in [0.15, 0.2) is 18.2 Å². The number of nitrogens with zero attached hydrogens (tertiary/aromatic N) is 1. The van der Waals surface area contributed by atoms with Gasteiger partial charge in [0.15, 0.2) is 0 Å². The monoisotopic (exact) mass is 326 g/mol. The van der Waals surface area contributed by atoms with Crippen molar-refractivity contribution in [2.24, 2.45) is 5.73 Å². The molecule has 22 heavy (non-hydrogen) atoms. The van der Waals surface area contributed by atoms with E-state index in [1.165, 1.54) is 0 Å². The SMILES string of the molecule is CC(C)(C)OC(=O)CN1C(=O)c2ccc(CN)cc2C1=O.Cl. The van der Waals surface area contributed by atoms with Gasteiger partial charge < -0.3 is 10.5 Å². The van der Waals surface area contributed by atoms with Gasteiger partial charge in [-0.15, -0.1) is 12.4 Å². The number of nitrogens with two attached hydrogens (primary N) is 1. The van der Waals surface area contributed by atoms with Crippen molar-refractivity contribution in [3.8, 4) is 0 Å². The van der Waals surface area contributed by atoms with E-state index in [1.807, 2.05) is 0 Å². The smallest absolute Gasteiger partial charge is 0.326 e. The summed E-state index contributed by atoms with van der Waals surface area (Å²) in [5.41, 5.74) is 6.20. The number of carbonyl (C=O) groups excluding carboxylic acids is 3. The zero-order valence-corrected chi connectivity index (χ0v) is 13.5. The summed E-state index contributed by atoms with van der Waals surface area (Å²) in [6, 6.07) is 4.85. The highest BCUT2D eigenvalue weighted by Gasteiger charge is 2.37. The lowest BCUT2D eigenvalue weighted by atomic mass is 10.1. The third-order valence-corrected chi connectivity index (χ3v) is 2.98. The van der Waals surface area contributed by atoms with E-state index in [0.717, 1.165) is 10.5 Å². The van der Waals surface area contributed by atoms with Crippen LogP contribution in [0.25, 0.3) is 0 Å². The maximum atomic E-state index is 12.2. The van der Waals surface area contributed by atoms with Gasteiger partial charge in [-0.3, -0.25) is 19.3 Å². The van der Waals surface area contributed by atoms with Crippen molar-refractivity contribution in [1.29, 1.82) is 0 Å². The van der Waals surface area contributed by atoms with Crippen LogP contribution >= 0.6 is 12.4 Å². The minimum atomic E-state index is -0.664. The topological polar surface area (TPSA) is 89.7 Å². The molecule has 0 saturated heterocycles.